The molecule has 0 heterocycles. The van der Waals surface area contributed by atoms with E-state index in [9.17, 15) is 24.3 Å². The molecule has 0 aliphatic carbocycles. The summed E-state index contributed by atoms with van der Waals surface area (Å²) in [7, 11) is 0. The third-order valence-corrected chi connectivity index (χ3v) is 4.51. The van der Waals surface area contributed by atoms with E-state index in [0.717, 1.165) is 0 Å². The summed E-state index contributed by atoms with van der Waals surface area (Å²) < 4.78 is 0. The minimum Gasteiger partial charge on any atom is -0.480 e. The van der Waals surface area contributed by atoms with Crippen LogP contribution in [0.15, 0.2) is 0 Å². The summed E-state index contributed by atoms with van der Waals surface area (Å²) in [5, 5.41) is 16.5. The fraction of sp³-hybridized carbons (Fsp3) is 0.765. The van der Waals surface area contributed by atoms with E-state index in [-0.39, 0.29) is 12.2 Å². The maximum Gasteiger partial charge on any atom is 0.326 e. The monoisotopic (exact) mass is 434 g/mol. The summed E-state index contributed by atoms with van der Waals surface area (Å²) in [4.78, 5) is 47.6. The highest BCUT2D eigenvalue weighted by Crippen LogP contribution is 2.03. The fourth-order valence-corrected chi connectivity index (χ4v) is 2.58. The van der Waals surface area contributed by atoms with Crippen molar-refractivity contribution >= 4 is 36.3 Å². The van der Waals surface area contributed by atoms with Crippen molar-refractivity contribution in [1.82, 2.24) is 16.0 Å². The second-order valence-corrected chi connectivity index (χ2v) is 6.96. The molecule has 3 unspecified atom stereocenters. The van der Waals surface area contributed by atoms with Gasteiger partial charge in [0.05, 0.1) is 12.6 Å². The van der Waals surface area contributed by atoms with E-state index in [1.54, 1.807) is 0 Å². The lowest BCUT2D eigenvalue weighted by Gasteiger charge is -2.20. The van der Waals surface area contributed by atoms with E-state index >= 15 is 0 Å². The summed E-state index contributed by atoms with van der Waals surface area (Å²) >= 11 is 3.95. The van der Waals surface area contributed by atoms with Crippen LogP contribution in [0.25, 0.3) is 0 Å². The normalized spacial score (nSPS) is 13.8. The van der Waals surface area contributed by atoms with Gasteiger partial charge in [0.25, 0.3) is 0 Å². The number of thiol groups is 1. The molecule has 11 nitrogen and oxygen atoms in total. The molecule has 12 heteroatoms. The number of hydrogen-bond donors (Lipinski definition) is 8. The van der Waals surface area contributed by atoms with Crippen LogP contribution in [0.3, 0.4) is 0 Å². The molecule has 0 aromatic rings. The lowest BCUT2D eigenvalue weighted by molar-refractivity contribution is -0.142. The van der Waals surface area contributed by atoms with Crippen LogP contribution in [-0.2, 0) is 19.2 Å². The van der Waals surface area contributed by atoms with Crippen LogP contribution >= 0.6 is 12.6 Å². The number of aliphatic carboxylic acids is 1. The van der Waals surface area contributed by atoms with Gasteiger partial charge in [-0.2, -0.15) is 12.6 Å². The summed E-state index contributed by atoms with van der Waals surface area (Å²) in [6.45, 7) is 0.466. The van der Waals surface area contributed by atoms with Crippen molar-refractivity contribution < 1.29 is 24.3 Å². The number of carboxylic acids is 1. The van der Waals surface area contributed by atoms with Gasteiger partial charge in [0.15, 0.2) is 0 Å². The molecule has 0 rings (SSSR count). The number of carbonyl (C=O) groups is 4. The van der Waals surface area contributed by atoms with Crippen molar-refractivity contribution in [2.75, 3.05) is 25.4 Å². The van der Waals surface area contributed by atoms with Crippen LogP contribution in [0.1, 0.15) is 38.5 Å². The Morgan fingerprint density at radius 3 is 1.90 bits per heavy atom. The Balaban J connectivity index is 4.69. The average Bonchev–Trinajstić information content (AvgIpc) is 2.69. The zero-order chi connectivity index (χ0) is 22.2. The van der Waals surface area contributed by atoms with Gasteiger partial charge in [-0.1, -0.05) is 0 Å². The van der Waals surface area contributed by atoms with Crippen molar-refractivity contribution in [2.45, 2.75) is 56.7 Å². The molecular formula is C17H34N6O5S. The summed E-state index contributed by atoms with van der Waals surface area (Å²) in [5.74, 6) is -2.77. The van der Waals surface area contributed by atoms with Crippen LogP contribution in [0.2, 0.25) is 0 Å². The lowest BCUT2D eigenvalue weighted by atomic mass is 10.1. The quantitative estimate of drug-likeness (QED) is 0.0975. The van der Waals surface area contributed by atoms with E-state index in [2.05, 4.69) is 28.6 Å². The number of carboxylic acid groups (broad SMARTS) is 1. The number of amides is 3. The predicted octanol–water partition coefficient (Wildman–Crippen LogP) is -2.33. The SMILES string of the molecule is NCCCCC(NC(=O)CNC(=O)C(CCCCN)NC(=O)C(N)CS)C(=O)O. The number of unbranched alkanes of at least 4 members (excludes halogenated alkanes) is 2. The number of nitrogens with one attached hydrogen (secondary N) is 3. The summed E-state index contributed by atoms with van der Waals surface area (Å²) in [6.07, 6.45) is 3.04. The predicted molar refractivity (Wildman–Crippen MR) is 112 cm³/mol. The van der Waals surface area contributed by atoms with Gasteiger partial charge >= 0.3 is 5.97 Å². The van der Waals surface area contributed by atoms with Gasteiger partial charge in [0.1, 0.15) is 12.1 Å². The Hall–Kier alpha value is -1.89. The Morgan fingerprint density at radius 1 is 0.862 bits per heavy atom. The highest BCUT2D eigenvalue weighted by Gasteiger charge is 2.24. The van der Waals surface area contributed by atoms with Gasteiger partial charge in [-0.25, -0.2) is 4.79 Å². The molecule has 0 aromatic carbocycles. The molecule has 168 valence electrons. The Bertz CT molecular complexity index is 536. The third-order valence-electron chi connectivity index (χ3n) is 4.12. The molecule has 0 spiro atoms. The van der Waals surface area contributed by atoms with Crippen molar-refractivity contribution in [1.29, 1.82) is 0 Å². The van der Waals surface area contributed by atoms with Gasteiger partial charge in [0, 0.05) is 5.75 Å². The molecule has 3 atom stereocenters. The smallest absolute Gasteiger partial charge is 0.326 e. The molecule has 29 heavy (non-hydrogen) atoms. The van der Waals surface area contributed by atoms with Crippen LogP contribution in [0.4, 0.5) is 0 Å². The van der Waals surface area contributed by atoms with E-state index in [0.29, 0.717) is 45.2 Å². The maximum atomic E-state index is 12.4. The summed E-state index contributed by atoms with van der Waals surface area (Å²) in [6, 6.07) is -2.80. The largest absolute Gasteiger partial charge is 0.480 e. The molecule has 3 amide bonds. The van der Waals surface area contributed by atoms with Gasteiger partial charge in [-0.05, 0) is 51.6 Å². The van der Waals surface area contributed by atoms with Crippen molar-refractivity contribution in [2.24, 2.45) is 17.2 Å². The highest BCUT2D eigenvalue weighted by atomic mass is 32.1. The van der Waals surface area contributed by atoms with Gasteiger partial charge in [-0.15, -0.1) is 0 Å². The van der Waals surface area contributed by atoms with Crippen LogP contribution in [0.5, 0.6) is 0 Å². The van der Waals surface area contributed by atoms with E-state index in [1.165, 1.54) is 0 Å². The number of nitrogens with two attached hydrogens (primary N) is 3. The Kier molecular flexibility index (Phi) is 14.9. The van der Waals surface area contributed by atoms with Gasteiger partial charge < -0.3 is 38.3 Å². The molecule has 0 bridgehead atoms. The van der Waals surface area contributed by atoms with Crippen molar-refractivity contribution in [3.05, 3.63) is 0 Å². The van der Waals surface area contributed by atoms with Crippen LogP contribution in [0, 0.1) is 0 Å². The number of rotatable bonds is 16. The first-order valence-electron chi connectivity index (χ1n) is 9.63. The zero-order valence-corrected chi connectivity index (χ0v) is 17.5. The minimum atomic E-state index is -1.16. The van der Waals surface area contributed by atoms with Crippen molar-refractivity contribution in [3.8, 4) is 0 Å². The second kappa shape index (κ2) is 16.0. The maximum absolute atomic E-state index is 12.4. The van der Waals surface area contributed by atoms with E-state index < -0.39 is 48.4 Å². The fourth-order valence-electron chi connectivity index (χ4n) is 2.41. The topological polar surface area (TPSA) is 203 Å². The third kappa shape index (κ3) is 12.3. The molecule has 0 saturated heterocycles. The Morgan fingerprint density at radius 2 is 1.41 bits per heavy atom. The molecule has 0 radical (unpaired) electrons. The Labute approximate surface area is 176 Å². The first kappa shape index (κ1) is 27.1. The average molecular weight is 435 g/mol. The standard InChI is InChI=1S/C17H34N6O5S/c18-7-3-1-5-12(23-15(25)11(20)10-29)16(26)21-9-14(24)22-13(17(27)28)6-2-4-8-19/h11-13,29H,1-10,18-20H2,(H,21,26)(H,22,24)(H,23,25)(H,27,28). The summed E-state index contributed by atoms with van der Waals surface area (Å²) in [5.41, 5.74) is 16.4. The van der Waals surface area contributed by atoms with Gasteiger partial charge in [-0.3, -0.25) is 14.4 Å². The minimum absolute atomic E-state index is 0.117. The number of carbonyl (C=O) groups excluding carboxylic acids is 3. The number of hydrogen-bond acceptors (Lipinski definition) is 8. The first-order valence-corrected chi connectivity index (χ1v) is 10.3. The van der Waals surface area contributed by atoms with Gasteiger partial charge in [0.2, 0.25) is 17.7 Å². The van der Waals surface area contributed by atoms with Crippen LogP contribution < -0.4 is 33.2 Å². The zero-order valence-electron chi connectivity index (χ0n) is 16.6. The van der Waals surface area contributed by atoms with Crippen LogP contribution in [-0.4, -0.2) is 72.3 Å². The molecule has 0 aliphatic rings. The molecule has 0 aromatic heterocycles. The lowest BCUT2D eigenvalue weighted by Crippen LogP contribution is -2.53. The molecule has 0 fully saturated rings. The van der Waals surface area contributed by atoms with E-state index in [1.807, 2.05) is 0 Å². The molecule has 0 saturated carbocycles. The van der Waals surface area contributed by atoms with Crippen molar-refractivity contribution in [3.63, 3.8) is 0 Å². The second-order valence-electron chi connectivity index (χ2n) is 6.60. The highest BCUT2D eigenvalue weighted by molar-refractivity contribution is 7.80. The molecule has 0 aliphatic heterocycles. The molecule has 10 N–H and O–H groups in total. The molecular weight excluding hydrogens is 400 g/mol. The van der Waals surface area contributed by atoms with E-state index in [4.69, 9.17) is 17.2 Å². The first-order chi connectivity index (χ1) is 13.8.